The van der Waals surface area contributed by atoms with Gasteiger partial charge < -0.3 is 20.9 Å². The number of hydrogen-bond donors (Lipinski definition) is 4. The van der Waals surface area contributed by atoms with Crippen LogP contribution in [0.2, 0.25) is 0 Å². The molecule has 0 aliphatic carbocycles. The molecule has 2 atom stereocenters. The van der Waals surface area contributed by atoms with Crippen LogP contribution in [-0.4, -0.2) is 41.4 Å². The molecule has 3 heterocycles. The van der Waals surface area contributed by atoms with Crippen LogP contribution in [0, 0.1) is 3.57 Å². The highest BCUT2D eigenvalue weighted by Gasteiger charge is 2.39. The maximum atomic E-state index is 13.0. The maximum absolute atomic E-state index is 13.0. The highest BCUT2D eigenvalue weighted by molar-refractivity contribution is 14.1. The monoisotopic (exact) mass is 517 g/mol. The van der Waals surface area contributed by atoms with E-state index in [-0.39, 0.29) is 24.4 Å². The van der Waals surface area contributed by atoms with Gasteiger partial charge in [-0.3, -0.25) is 19.7 Å². The van der Waals surface area contributed by atoms with Crippen molar-refractivity contribution in [2.75, 3.05) is 22.5 Å². The molecule has 0 aromatic heterocycles. The molecule has 1 fully saturated rings. The van der Waals surface area contributed by atoms with Gasteiger partial charge in [-0.25, -0.2) is 0 Å². The Morgan fingerprint density at radius 2 is 1.93 bits per heavy atom. The van der Waals surface area contributed by atoms with Crippen LogP contribution in [0.3, 0.4) is 0 Å². The summed E-state index contributed by atoms with van der Waals surface area (Å²) in [4.78, 5) is 38.1. The molecule has 2 aromatic carbocycles. The van der Waals surface area contributed by atoms with Crippen LogP contribution in [0.1, 0.15) is 28.8 Å². The van der Waals surface area contributed by atoms with Crippen LogP contribution >= 0.6 is 22.6 Å². The molecular formula is C21H20IN5O3. The summed E-state index contributed by atoms with van der Waals surface area (Å²) in [5, 5.41) is 12.6. The topological polar surface area (TPSA) is 103 Å². The Bertz CT molecular complexity index is 1070. The Balaban J connectivity index is 1.31. The largest absolute Gasteiger partial charge is 0.379 e. The lowest BCUT2D eigenvalue weighted by molar-refractivity contribution is -0.136. The molecule has 9 heteroatoms. The molecular weight excluding hydrogens is 497 g/mol. The van der Waals surface area contributed by atoms with E-state index in [9.17, 15) is 14.4 Å². The Hall–Kier alpha value is -2.82. The highest BCUT2D eigenvalue weighted by atomic mass is 127. The van der Waals surface area contributed by atoms with E-state index in [4.69, 9.17) is 0 Å². The second-order valence-corrected chi connectivity index (χ2v) is 8.93. The zero-order chi connectivity index (χ0) is 20.8. The normalized spacial score (nSPS) is 22.6. The fraction of sp³-hybridized carbons (Fsp3) is 0.286. The molecule has 3 aliphatic heterocycles. The molecule has 3 aliphatic rings. The number of nitrogens with one attached hydrogen (secondary N) is 4. The number of amides is 3. The van der Waals surface area contributed by atoms with Crippen molar-refractivity contribution in [3.63, 3.8) is 0 Å². The van der Waals surface area contributed by atoms with E-state index in [0.29, 0.717) is 25.1 Å². The van der Waals surface area contributed by atoms with Crippen molar-refractivity contribution in [3.8, 4) is 0 Å². The number of carbonyl (C=O) groups is 3. The molecule has 30 heavy (non-hydrogen) atoms. The summed E-state index contributed by atoms with van der Waals surface area (Å²) in [5.74, 6) is -0.842. The molecule has 2 unspecified atom stereocenters. The lowest BCUT2D eigenvalue weighted by atomic mass is 10.0. The number of carbonyl (C=O) groups excluding carboxylic acids is 3. The number of fused-ring (bicyclic) bond motifs is 2. The lowest BCUT2D eigenvalue weighted by Gasteiger charge is -2.30. The van der Waals surface area contributed by atoms with Gasteiger partial charge in [-0.1, -0.05) is 6.07 Å². The number of rotatable bonds is 3. The van der Waals surface area contributed by atoms with E-state index in [2.05, 4.69) is 62.1 Å². The van der Waals surface area contributed by atoms with Crippen molar-refractivity contribution in [3.05, 3.63) is 51.1 Å². The molecule has 154 valence electrons. The third-order valence-corrected chi connectivity index (χ3v) is 6.35. The van der Waals surface area contributed by atoms with Gasteiger partial charge >= 0.3 is 0 Å². The number of halogens is 1. The zero-order valence-corrected chi connectivity index (χ0v) is 18.2. The van der Waals surface area contributed by atoms with Gasteiger partial charge in [0, 0.05) is 27.8 Å². The van der Waals surface area contributed by atoms with E-state index < -0.39 is 11.9 Å². The van der Waals surface area contributed by atoms with Gasteiger partial charge in [0.2, 0.25) is 11.8 Å². The number of anilines is 3. The summed E-state index contributed by atoms with van der Waals surface area (Å²) in [6.07, 6.45) is 0.589. The van der Waals surface area contributed by atoms with Gasteiger partial charge in [-0.2, -0.15) is 0 Å². The first-order chi connectivity index (χ1) is 14.5. The van der Waals surface area contributed by atoms with Gasteiger partial charge in [0.15, 0.2) is 0 Å². The highest BCUT2D eigenvalue weighted by Crippen LogP contribution is 2.31. The third kappa shape index (κ3) is 3.47. The van der Waals surface area contributed by atoms with Gasteiger partial charge in [0.05, 0.1) is 17.9 Å². The fourth-order valence-corrected chi connectivity index (χ4v) is 4.66. The molecule has 0 spiro atoms. The van der Waals surface area contributed by atoms with Crippen LogP contribution in [0.5, 0.6) is 0 Å². The summed E-state index contributed by atoms with van der Waals surface area (Å²) < 4.78 is 1.15. The molecule has 0 radical (unpaired) electrons. The van der Waals surface area contributed by atoms with E-state index in [1.807, 2.05) is 18.2 Å². The minimum absolute atomic E-state index is 0.0310. The molecule has 1 saturated heterocycles. The molecule has 3 amide bonds. The minimum Gasteiger partial charge on any atom is -0.379 e. The van der Waals surface area contributed by atoms with Gasteiger partial charge in [-0.15, -0.1) is 0 Å². The summed E-state index contributed by atoms with van der Waals surface area (Å²) in [7, 11) is 0. The van der Waals surface area contributed by atoms with Crippen LogP contribution in [-0.2, 0) is 16.1 Å². The number of nitrogens with zero attached hydrogens (tertiary/aromatic N) is 1. The Labute approximate surface area is 186 Å². The first kappa shape index (κ1) is 19.2. The molecule has 4 N–H and O–H groups in total. The van der Waals surface area contributed by atoms with Crippen molar-refractivity contribution in [1.29, 1.82) is 0 Å². The predicted molar refractivity (Wildman–Crippen MR) is 121 cm³/mol. The number of hydrogen-bond acceptors (Lipinski definition) is 6. The SMILES string of the molecule is O=C1CCC(N2Cc3ccc(NC4CNc5ccc(I)cc5N4)cc3C2=O)C(=O)N1. The Kier molecular flexibility index (Phi) is 4.76. The van der Waals surface area contributed by atoms with E-state index in [1.165, 1.54) is 0 Å². The van der Waals surface area contributed by atoms with Gasteiger partial charge in [0.25, 0.3) is 5.91 Å². The van der Waals surface area contributed by atoms with Crippen molar-refractivity contribution in [1.82, 2.24) is 10.2 Å². The maximum Gasteiger partial charge on any atom is 0.255 e. The van der Waals surface area contributed by atoms with Crippen LogP contribution in [0.15, 0.2) is 36.4 Å². The zero-order valence-electron chi connectivity index (χ0n) is 16.0. The van der Waals surface area contributed by atoms with Crippen molar-refractivity contribution in [2.45, 2.75) is 31.6 Å². The first-order valence-electron chi connectivity index (χ1n) is 9.82. The summed E-state index contributed by atoms with van der Waals surface area (Å²) in [6.45, 7) is 1.08. The second-order valence-electron chi connectivity index (χ2n) is 7.68. The lowest BCUT2D eigenvalue weighted by Crippen LogP contribution is -2.52. The second kappa shape index (κ2) is 7.46. The minimum atomic E-state index is -0.595. The summed E-state index contributed by atoms with van der Waals surface area (Å²) in [5.41, 5.74) is 4.43. The van der Waals surface area contributed by atoms with Crippen molar-refractivity contribution < 1.29 is 14.4 Å². The van der Waals surface area contributed by atoms with Crippen LogP contribution in [0.4, 0.5) is 17.1 Å². The molecule has 0 saturated carbocycles. The fourth-order valence-electron chi connectivity index (χ4n) is 4.17. The molecule has 5 rings (SSSR count). The van der Waals surface area contributed by atoms with E-state index in [1.54, 1.807) is 4.90 Å². The predicted octanol–water partition coefficient (Wildman–Crippen LogP) is 2.33. The standard InChI is InChI=1S/C21H20IN5O3/c22-12-2-4-15-16(7-12)25-18(9-23-15)24-13-3-1-11-10-27(21(30)14(11)8-13)17-5-6-19(28)26-20(17)29/h1-4,7-8,17-18,23-25H,5-6,9-10H2,(H,26,28,29). The smallest absolute Gasteiger partial charge is 0.255 e. The quantitative estimate of drug-likeness (QED) is 0.369. The molecule has 2 aromatic rings. The summed E-state index contributed by atoms with van der Waals surface area (Å²) >= 11 is 2.28. The van der Waals surface area contributed by atoms with Crippen molar-refractivity contribution >= 4 is 57.4 Å². The number of imide groups is 1. The first-order valence-corrected chi connectivity index (χ1v) is 10.9. The van der Waals surface area contributed by atoms with E-state index in [0.717, 1.165) is 26.2 Å². The summed E-state index contributed by atoms with van der Waals surface area (Å²) in [6, 6.07) is 11.3. The average molecular weight is 517 g/mol. The number of benzene rings is 2. The molecule has 8 nitrogen and oxygen atoms in total. The molecule has 0 bridgehead atoms. The Morgan fingerprint density at radius 1 is 1.07 bits per heavy atom. The Morgan fingerprint density at radius 3 is 2.77 bits per heavy atom. The van der Waals surface area contributed by atoms with Crippen LogP contribution < -0.4 is 21.3 Å². The van der Waals surface area contributed by atoms with E-state index >= 15 is 0 Å². The van der Waals surface area contributed by atoms with Gasteiger partial charge in [0.1, 0.15) is 12.2 Å². The van der Waals surface area contributed by atoms with Gasteiger partial charge in [-0.05, 0) is 64.9 Å². The number of piperidine rings is 1. The van der Waals surface area contributed by atoms with Crippen LogP contribution in [0.25, 0.3) is 0 Å². The third-order valence-electron chi connectivity index (χ3n) is 5.68. The average Bonchev–Trinajstić information content (AvgIpc) is 3.04. The van der Waals surface area contributed by atoms with Crippen molar-refractivity contribution in [2.24, 2.45) is 0 Å².